The van der Waals surface area contributed by atoms with Crippen LogP contribution in [0.15, 0.2) is 36.4 Å². The molecule has 2 unspecified atom stereocenters. The van der Waals surface area contributed by atoms with Gasteiger partial charge in [-0.15, -0.1) is 0 Å². The van der Waals surface area contributed by atoms with Gasteiger partial charge in [-0.1, -0.05) is 30.9 Å². The minimum atomic E-state index is -0.0820. The monoisotopic (exact) mass is 462 g/mol. The van der Waals surface area contributed by atoms with E-state index < -0.39 is 0 Å². The predicted octanol–water partition coefficient (Wildman–Crippen LogP) is 5.09. The molecular weight excluding hydrogens is 432 g/mol. The molecule has 0 bridgehead atoms. The number of benzene rings is 2. The van der Waals surface area contributed by atoms with E-state index in [1.54, 1.807) is 40.2 Å². The fourth-order valence-corrected chi connectivity index (χ4v) is 5.70. The summed E-state index contributed by atoms with van der Waals surface area (Å²) in [6.45, 7) is 5.88. The van der Waals surface area contributed by atoms with Gasteiger partial charge in [0, 0.05) is 29.8 Å². The molecule has 2 atom stereocenters. The van der Waals surface area contributed by atoms with E-state index >= 15 is 0 Å². The molecule has 1 saturated heterocycles. The van der Waals surface area contributed by atoms with Gasteiger partial charge in [-0.05, 0) is 37.7 Å². The molecule has 1 heterocycles. The summed E-state index contributed by atoms with van der Waals surface area (Å²) in [5.74, 6) is 3.07. The molecular formula is C23H30N2O4S2. The number of thioether (sulfide) groups is 1. The molecule has 3 rings (SSSR count). The van der Waals surface area contributed by atoms with Crippen LogP contribution < -0.4 is 18.9 Å². The van der Waals surface area contributed by atoms with Crippen molar-refractivity contribution in [1.82, 2.24) is 9.80 Å². The van der Waals surface area contributed by atoms with E-state index in [1.165, 1.54) is 0 Å². The molecule has 0 radical (unpaired) electrons. The van der Waals surface area contributed by atoms with Crippen molar-refractivity contribution in [1.29, 1.82) is 0 Å². The first kappa shape index (κ1) is 23.5. The van der Waals surface area contributed by atoms with E-state index in [9.17, 15) is 0 Å². The summed E-state index contributed by atoms with van der Waals surface area (Å²) in [5, 5.41) is -0.0158. The molecule has 31 heavy (non-hydrogen) atoms. The molecule has 6 nitrogen and oxygen atoms in total. The maximum atomic E-state index is 5.87. The van der Waals surface area contributed by atoms with Gasteiger partial charge < -0.3 is 23.8 Å². The average molecular weight is 463 g/mol. The lowest BCUT2D eigenvalue weighted by Gasteiger charge is -2.49. The molecule has 8 heteroatoms. The van der Waals surface area contributed by atoms with Crippen LogP contribution in [0.5, 0.6) is 23.0 Å². The van der Waals surface area contributed by atoms with E-state index in [2.05, 4.69) is 35.8 Å². The van der Waals surface area contributed by atoms with Gasteiger partial charge in [0.25, 0.3) is 0 Å². The Hall–Kier alpha value is -2.16. The summed E-state index contributed by atoms with van der Waals surface area (Å²) >= 11 is 7.53. The van der Waals surface area contributed by atoms with Gasteiger partial charge in [0.15, 0.2) is 0 Å². The smallest absolute Gasteiger partial charge is 0.139 e. The van der Waals surface area contributed by atoms with Crippen LogP contribution in [0, 0.1) is 0 Å². The summed E-state index contributed by atoms with van der Waals surface area (Å²) < 4.78 is 23.1. The van der Waals surface area contributed by atoms with Crippen molar-refractivity contribution in [3.05, 3.63) is 47.5 Å². The minimum Gasteiger partial charge on any atom is -0.497 e. The van der Waals surface area contributed by atoms with Crippen LogP contribution in [0.25, 0.3) is 0 Å². The molecule has 0 spiro atoms. The number of rotatable bonds is 8. The summed E-state index contributed by atoms with van der Waals surface area (Å²) in [6, 6.07) is 11.9. The van der Waals surface area contributed by atoms with Gasteiger partial charge in [0.2, 0.25) is 0 Å². The zero-order valence-electron chi connectivity index (χ0n) is 18.9. The highest BCUT2D eigenvalue weighted by molar-refractivity contribution is 8.23. The second kappa shape index (κ2) is 10.4. The number of nitrogens with zero attached hydrogens (tertiary/aromatic N) is 2. The first-order valence-electron chi connectivity index (χ1n) is 10.2. The highest BCUT2D eigenvalue weighted by Crippen LogP contribution is 2.50. The lowest BCUT2D eigenvalue weighted by molar-refractivity contribution is 0.0820. The van der Waals surface area contributed by atoms with Crippen LogP contribution in [0.2, 0.25) is 0 Å². The Kier molecular flexibility index (Phi) is 7.91. The second-order valence-electron chi connectivity index (χ2n) is 6.94. The highest BCUT2D eigenvalue weighted by atomic mass is 32.2. The first-order valence-corrected chi connectivity index (χ1v) is 11.5. The molecule has 1 aliphatic rings. The summed E-state index contributed by atoms with van der Waals surface area (Å²) in [6.07, 6.45) is -0.0820. The molecule has 1 aliphatic heterocycles. The van der Waals surface area contributed by atoms with Crippen molar-refractivity contribution >= 4 is 28.3 Å². The van der Waals surface area contributed by atoms with Crippen LogP contribution >= 0.6 is 24.0 Å². The number of hydrogen-bond donors (Lipinski definition) is 0. The summed E-state index contributed by atoms with van der Waals surface area (Å²) in [7, 11) is 6.68. The average Bonchev–Trinajstić information content (AvgIpc) is 2.82. The Labute approximate surface area is 194 Å². The van der Waals surface area contributed by atoms with E-state index in [4.69, 9.17) is 31.2 Å². The van der Waals surface area contributed by atoms with Crippen LogP contribution in [0.3, 0.4) is 0 Å². The van der Waals surface area contributed by atoms with Crippen LogP contribution in [0.4, 0.5) is 0 Å². The lowest BCUT2D eigenvalue weighted by Crippen LogP contribution is -2.48. The van der Waals surface area contributed by atoms with E-state index in [-0.39, 0.29) is 11.5 Å². The maximum absolute atomic E-state index is 5.87. The van der Waals surface area contributed by atoms with Gasteiger partial charge in [-0.2, -0.15) is 0 Å². The number of hydrogen-bond acceptors (Lipinski definition) is 7. The normalized spacial score (nSPS) is 19.3. The van der Waals surface area contributed by atoms with Gasteiger partial charge >= 0.3 is 0 Å². The molecule has 0 aromatic heterocycles. The standard InChI is InChI=1S/C23H30N2O4S2/c1-7-24-21(17-11-9-15(26-3)13-19(17)28-5)25(8-2)23(30)31-22(24)18-12-10-16(27-4)14-20(18)29-6/h9-14,21-22H,7-8H2,1-6H3. The highest BCUT2D eigenvalue weighted by Gasteiger charge is 2.41. The third-order valence-electron chi connectivity index (χ3n) is 5.49. The van der Waals surface area contributed by atoms with Crippen molar-refractivity contribution in [2.75, 3.05) is 41.5 Å². The van der Waals surface area contributed by atoms with Gasteiger partial charge in [0.05, 0.1) is 33.8 Å². The number of ether oxygens (including phenoxy) is 4. The van der Waals surface area contributed by atoms with E-state index in [0.29, 0.717) is 0 Å². The van der Waals surface area contributed by atoms with Crippen molar-refractivity contribution < 1.29 is 18.9 Å². The lowest BCUT2D eigenvalue weighted by atomic mass is 10.1. The summed E-state index contributed by atoms with van der Waals surface area (Å²) in [5.41, 5.74) is 2.11. The van der Waals surface area contributed by atoms with E-state index in [0.717, 1.165) is 51.5 Å². The molecule has 0 saturated carbocycles. The third kappa shape index (κ3) is 4.56. The van der Waals surface area contributed by atoms with E-state index in [1.807, 2.05) is 24.3 Å². The van der Waals surface area contributed by atoms with Gasteiger partial charge in [-0.3, -0.25) is 4.90 Å². The zero-order chi connectivity index (χ0) is 22.5. The molecule has 2 aromatic carbocycles. The number of thiocarbonyl (C=S) groups is 1. The SMILES string of the molecule is CCN1C(=S)SC(c2ccc(OC)cc2OC)N(CC)C1c1ccc(OC)cc1OC. The van der Waals surface area contributed by atoms with Crippen LogP contribution in [-0.4, -0.2) is 55.6 Å². The Morgan fingerprint density at radius 3 is 1.84 bits per heavy atom. The fourth-order valence-electron chi connectivity index (χ4n) is 3.92. The van der Waals surface area contributed by atoms with Crippen molar-refractivity contribution in [2.24, 2.45) is 0 Å². The van der Waals surface area contributed by atoms with Crippen LogP contribution in [-0.2, 0) is 0 Å². The fraction of sp³-hybridized carbons (Fsp3) is 0.435. The Bertz CT molecular complexity index is 924. The second-order valence-corrected chi connectivity index (χ2v) is 8.66. The minimum absolute atomic E-state index is 0.0158. The largest absolute Gasteiger partial charge is 0.497 e. The molecule has 0 N–H and O–H groups in total. The van der Waals surface area contributed by atoms with Crippen molar-refractivity contribution in [3.63, 3.8) is 0 Å². The Balaban J connectivity index is 2.13. The topological polar surface area (TPSA) is 43.4 Å². The van der Waals surface area contributed by atoms with Crippen LogP contribution in [0.1, 0.15) is 36.5 Å². The van der Waals surface area contributed by atoms with Gasteiger partial charge in [-0.25, -0.2) is 0 Å². The molecule has 0 aliphatic carbocycles. The first-order chi connectivity index (χ1) is 15.0. The molecule has 168 valence electrons. The maximum Gasteiger partial charge on any atom is 0.139 e. The van der Waals surface area contributed by atoms with Gasteiger partial charge in [0.1, 0.15) is 33.5 Å². The number of methoxy groups -OCH3 is 4. The zero-order valence-corrected chi connectivity index (χ0v) is 20.5. The molecule has 2 aromatic rings. The third-order valence-corrected chi connectivity index (χ3v) is 7.20. The Morgan fingerprint density at radius 2 is 1.35 bits per heavy atom. The summed E-state index contributed by atoms with van der Waals surface area (Å²) in [4.78, 5) is 4.65. The van der Waals surface area contributed by atoms with Crippen molar-refractivity contribution in [3.8, 4) is 23.0 Å². The molecule has 1 fully saturated rings. The predicted molar refractivity (Wildman–Crippen MR) is 130 cm³/mol. The quantitative estimate of drug-likeness (QED) is 0.503. The van der Waals surface area contributed by atoms with Crippen molar-refractivity contribution in [2.45, 2.75) is 25.4 Å². The molecule has 0 amide bonds. The Morgan fingerprint density at radius 1 is 0.806 bits per heavy atom.